The van der Waals surface area contributed by atoms with Crippen molar-refractivity contribution in [3.05, 3.63) is 29.3 Å². The molecule has 2 aliphatic rings. The summed E-state index contributed by atoms with van der Waals surface area (Å²) in [6.07, 6.45) is 4.41. The van der Waals surface area contributed by atoms with Crippen LogP contribution in [0.3, 0.4) is 0 Å². The van der Waals surface area contributed by atoms with Crippen molar-refractivity contribution in [2.45, 2.75) is 25.7 Å². The Balaban J connectivity index is 1.79. The van der Waals surface area contributed by atoms with E-state index in [1.165, 1.54) is 36.1 Å². The minimum atomic E-state index is -0.659. The fourth-order valence-electron chi connectivity index (χ4n) is 2.95. The van der Waals surface area contributed by atoms with Crippen LogP contribution >= 0.6 is 0 Å². The van der Waals surface area contributed by atoms with Crippen molar-refractivity contribution in [2.24, 2.45) is 5.92 Å². The van der Waals surface area contributed by atoms with Crippen molar-refractivity contribution in [3.8, 4) is 0 Å². The van der Waals surface area contributed by atoms with Gasteiger partial charge in [0.25, 0.3) is 0 Å². The summed E-state index contributed by atoms with van der Waals surface area (Å²) in [4.78, 5) is 13.1. The topological polar surface area (TPSA) is 40.5 Å². The number of rotatable bonds is 2. The summed E-state index contributed by atoms with van der Waals surface area (Å²) in [5.41, 5.74) is 4.14. The molecule has 1 aromatic carbocycles. The second-order valence-corrected chi connectivity index (χ2v) is 5.08. The Kier molecular flexibility index (Phi) is 2.54. The van der Waals surface area contributed by atoms with Crippen molar-refractivity contribution in [3.63, 3.8) is 0 Å². The van der Waals surface area contributed by atoms with Crippen LogP contribution in [0.15, 0.2) is 18.2 Å². The molecular weight excluding hydrogens is 214 g/mol. The molecule has 1 unspecified atom stereocenters. The van der Waals surface area contributed by atoms with Crippen molar-refractivity contribution in [1.82, 2.24) is 0 Å². The molecule has 1 aromatic rings. The zero-order chi connectivity index (χ0) is 11.8. The zero-order valence-corrected chi connectivity index (χ0v) is 9.85. The van der Waals surface area contributed by atoms with E-state index in [2.05, 4.69) is 23.1 Å². The van der Waals surface area contributed by atoms with Gasteiger partial charge in [-0.2, -0.15) is 0 Å². The lowest BCUT2D eigenvalue weighted by Crippen LogP contribution is -2.22. The van der Waals surface area contributed by atoms with Crippen molar-refractivity contribution >= 4 is 11.7 Å². The molecule has 1 heterocycles. The molecule has 0 saturated carbocycles. The van der Waals surface area contributed by atoms with Gasteiger partial charge in [0.15, 0.2) is 0 Å². The number of fused-ring (bicyclic) bond motifs is 1. The van der Waals surface area contributed by atoms with Gasteiger partial charge in [0, 0.05) is 18.8 Å². The fraction of sp³-hybridized carbons (Fsp3) is 0.500. The number of nitrogens with zero attached hydrogens (tertiary/aromatic N) is 1. The van der Waals surface area contributed by atoms with Crippen LogP contribution in [0.1, 0.15) is 24.0 Å². The Morgan fingerprint density at radius 3 is 2.88 bits per heavy atom. The number of aliphatic carboxylic acids is 1. The van der Waals surface area contributed by atoms with E-state index in [9.17, 15) is 4.79 Å². The van der Waals surface area contributed by atoms with Gasteiger partial charge >= 0.3 is 5.97 Å². The maximum Gasteiger partial charge on any atom is 0.308 e. The largest absolute Gasteiger partial charge is 0.481 e. The van der Waals surface area contributed by atoms with E-state index >= 15 is 0 Å². The van der Waals surface area contributed by atoms with Gasteiger partial charge in [-0.15, -0.1) is 0 Å². The van der Waals surface area contributed by atoms with Crippen LogP contribution in [0.25, 0.3) is 0 Å². The molecule has 1 atom stereocenters. The Morgan fingerprint density at radius 1 is 1.29 bits per heavy atom. The summed E-state index contributed by atoms with van der Waals surface area (Å²) < 4.78 is 0. The summed E-state index contributed by atoms with van der Waals surface area (Å²) in [5.74, 6) is -0.850. The fourth-order valence-corrected chi connectivity index (χ4v) is 2.95. The molecule has 1 fully saturated rings. The molecule has 17 heavy (non-hydrogen) atoms. The Bertz CT molecular complexity index is 456. The average Bonchev–Trinajstić information content (AvgIpc) is 2.97. The first-order valence-electron chi connectivity index (χ1n) is 6.33. The minimum Gasteiger partial charge on any atom is -0.481 e. The van der Waals surface area contributed by atoms with Crippen LogP contribution in [0, 0.1) is 5.92 Å². The summed E-state index contributed by atoms with van der Waals surface area (Å²) in [5, 5.41) is 9.01. The molecule has 0 spiro atoms. The van der Waals surface area contributed by atoms with Gasteiger partial charge in [-0.3, -0.25) is 4.79 Å². The Morgan fingerprint density at radius 2 is 2.12 bits per heavy atom. The maximum absolute atomic E-state index is 10.9. The molecule has 1 aliphatic heterocycles. The number of aryl methyl sites for hydroxylation is 2. The van der Waals surface area contributed by atoms with Gasteiger partial charge in [0.2, 0.25) is 0 Å². The van der Waals surface area contributed by atoms with Gasteiger partial charge in [-0.25, -0.2) is 0 Å². The highest BCUT2D eigenvalue weighted by atomic mass is 16.4. The summed E-state index contributed by atoms with van der Waals surface area (Å²) >= 11 is 0. The first-order valence-corrected chi connectivity index (χ1v) is 6.33. The van der Waals surface area contributed by atoms with E-state index in [0.29, 0.717) is 6.54 Å². The lowest BCUT2D eigenvalue weighted by molar-refractivity contribution is -0.140. The molecule has 0 bridgehead atoms. The van der Waals surface area contributed by atoms with Crippen LogP contribution in [0.5, 0.6) is 0 Å². The number of carboxylic acid groups (broad SMARTS) is 1. The van der Waals surface area contributed by atoms with E-state index in [-0.39, 0.29) is 5.92 Å². The molecule has 3 nitrogen and oxygen atoms in total. The SMILES string of the molecule is O=C(O)C1CCN(c2ccc3c(c2)CCC3)C1. The van der Waals surface area contributed by atoms with Gasteiger partial charge in [0.1, 0.15) is 0 Å². The summed E-state index contributed by atoms with van der Waals surface area (Å²) in [6.45, 7) is 1.53. The number of benzene rings is 1. The highest BCUT2D eigenvalue weighted by molar-refractivity contribution is 5.72. The molecule has 1 N–H and O–H groups in total. The van der Waals surface area contributed by atoms with Gasteiger partial charge in [0.05, 0.1) is 5.92 Å². The van der Waals surface area contributed by atoms with Gasteiger partial charge in [-0.05, 0) is 48.9 Å². The third-order valence-electron chi connectivity index (χ3n) is 3.98. The molecule has 1 aliphatic carbocycles. The van der Waals surface area contributed by atoms with E-state index in [4.69, 9.17) is 5.11 Å². The highest BCUT2D eigenvalue weighted by Gasteiger charge is 2.28. The number of carbonyl (C=O) groups is 1. The van der Waals surface area contributed by atoms with Crippen LogP contribution in [0.2, 0.25) is 0 Å². The number of hydrogen-bond donors (Lipinski definition) is 1. The van der Waals surface area contributed by atoms with Gasteiger partial charge < -0.3 is 10.0 Å². The lowest BCUT2D eigenvalue weighted by atomic mass is 10.1. The predicted molar refractivity (Wildman–Crippen MR) is 66.4 cm³/mol. The second-order valence-electron chi connectivity index (χ2n) is 5.08. The van der Waals surface area contributed by atoms with Crippen LogP contribution in [0.4, 0.5) is 5.69 Å². The summed E-state index contributed by atoms with van der Waals surface area (Å²) in [6, 6.07) is 6.62. The van der Waals surface area contributed by atoms with E-state index < -0.39 is 5.97 Å². The predicted octanol–water partition coefficient (Wildman–Crippen LogP) is 2.09. The molecule has 3 heteroatoms. The molecule has 0 radical (unpaired) electrons. The van der Waals surface area contributed by atoms with Crippen molar-refractivity contribution < 1.29 is 9.90 Å². The zero-order valence-electron chi connectivity index (χ0n) is 9.85. The third kappa shape index (κ3) is 1.90. The standard InChI is InChI=1S/C14H17NO2/c16-14(17)12-6-7-15(9-12)13-5-4-10-2-1-3-11(10)8-13/h4-5,8,12H,1-3,6-7,9H2,(H,16,17). The number of anilines is 1. The number of carboxylic acids is 1. The van der Waals surface area contributed by atoms with Crippen LogP contribution in [-0.2, 0) is 17.6 Å². The lowest BCUT2D eigenvalue weighted by Gasteiger charge is -2.19. The molecule has 90 valence electrons. The first kappa shape index (κ1) is 10.6. The molecule has 0 amide bonds. The molecule has 3 rings (SSSR count). The maximum atomic E-state index is 10.9. The van der Waals surface area contributed by atoms with Crippen LogP contribution < -0.4 is 4.90 Å². The van der Waals surface area contributed by atoms with E-state index in [1.807, 2.05) is 0 Å². The minimum absolute atomic E-state index is 0.191. The Labute approximate surface area is 101 Å². The van der Waals surface area contributed by atoms with E-state index in [0.717, 1.165) is 13.0 Å². The first-order chi connectivity index (χ1) is 8.24. The third-order valence-corrected chi connectivity index (χ3v) is 3.98. The molecule has 1 saturated heterocycles. The summed E-state index contributed by atoms with van der Waals surface area (Å²) in [7, 11) is 0. The van der Waals surface area contributed by atoms with Crippen molar-refractivity contribution in [1.29, 1.82) is 0 Å². The quantitative estimate of drug-likeness (QED) is 0.847. The molecular formula is C14H17NO2. The Hall–Kier alpha value is -1.51. The smallest absolute Gasteiger partial charge is 0.308 e. The second kappa shape index (κ2) is 4.06. The van der Waals surface area contributed by atoms with Crippen molar-refractivity contribution in [2.75, 3.05) is 18.0 Å². The van der Waals surface area contributed by atoms with Gasteiger partial charge in [-0.1, -0.05) is 6.07 Å². The monoisotopic (exact) mass is 231 g/mol. The van der Waals surface area contributed by atoms with E-state index in [1.54, 1.807) is 0 Å². The number of hydrogen-bond acceptors (Lipinski definition) is 2. The highest BCUT2D eigenvalue weighted by Crippen LogP contribution is 2.29. The molecule has 0 aromatic heterocycles. The average molecular weight is 231 g/mol. The van der Waals surface area contributed by atoms with Crippen LogP contribution in [-0.4, -0.2) is 24.2 Å². The normalized spacial score (nSPS) is 22.8.